The lowest BCUT2D eigenvalue weighted by Crippen LogP contribution is -2.01. The second kappa shape index (κ2) is 2.48. The molecule has 0 fully saturated rings. The third-order valence-corrected chi connectivity index (χ3v) is 2.03. The highest BCUT2D eigenvalue weighted by atomic mass is 16.1. The second-order valence-electron chi connectivity index (χ2n) is 2.72. The molecule has 0 spiro atoms. The van der Waals surface area contributed by atoms with Crippen LogP contribution in [0.3, 0.4) is 0 Å². The van der Waals surface area contributed by atoms with Gasteiger partial charge in [0.1, 0.15) is 0 Å². The van der Waals surface area contributed by atoms with Gasteiger partial charge in [0.05, 0.1) is 0 Å². The molecule has 2 nitrogen and oxygen atoms in total. The Bertz CT molecular complexity index is 366. The molecule has 0 heterocycles. The van der Waals surface area contributed by atoms with Gasteiger partial charge >= 0.3 is 0 Å². The van der Waals surface area contributed by atoms with Gasteiger partial charge in [0.25, 0.3) is 0 Å². The Morgan fingerprint density at radius 2 is 1.83 bits per heavy atom. The molecule has 0 aliphatic heterocycles. The smallest absolute Gasteiger partial charge is 0.188 e. The lowest BCUT2D eigenvalue weighted by Gasteiger charge is -2.01. The number of benzene rings is 1. The summed E-state index contributed by atoms with van der Waals surface area (Å²) >= 11 is 0. The molecule has 1 aliphatic carbocycles. The maximum absolute atomic E-state index is 11.3. The number of allylic oxidation sites excluding steroid dienone is 1. The van der Waals surface area contributed by atoms with Crippen molar-refractivity contribution in [2.45, 2.75) is 0 Å². The van der Waals surface area contributed by atoms with E-state index in [4.69, 9.17) is 0 Å². The van der Waals surface area contributed by atoms with E-state index in [1.165, 1.54) is 0 Å². The van der Waals surface area contributed by atoms with E-state index in [0.29, 0.717) is 0 Å². The van der Waals surface area contributed by atoms with Crippen molar-refractivity contribution < 1.29 is 4.79 Å². The SMILES string of the molecule is CNC1=CC(=O)c2ccccc21. The lowest BCUT2D eigenvalue weighted by atomic mass is 10.1. The predicted octanol–water partition coefficient (Wildman–Crippen LogP) is 1.44. The molecule has 1 N–H and O–H groups in total. The number of rotatable bonds is 1. The molecule has 0 bridgehead atoms. The molecule has 2 heteroatoms. The third-order valence-electron chi connectivity index (χ3n) is 2.03. The standard InChI is InChI=1S/C10H9NO/c1-11-9-6-10(12)8-5-3-2-4-7(8)9/h2-6,11H,1H3. The van der Waals surface area contributed by atoms with E-state index in [2.05, 4.69) is 5.32 Å². The van der Waals surface area contributed by atoms with Gasteiger partial charge in [0.15, 0.2) is 5.78 Å². The quantitative estimate of drug-likeness (QED) is 0.671. The fourth-order valence-corrected chi connectivity index (χ4v) is 1.43. The van der Waals surface area contributed by atoms with Gasteiger partial charge in [-0.3, -0.25) is 4.79 Å². The fourth-order valence-electron chi connectivity index (χ4n) is 1.43. The average Bonchev–Trinajstić information content (AvgIpc) is 2.44. The van der Waals surface area contributed by atoms with Crippen molar-refractivity contribution in [3.63, 3.8) is 0 Å². The highest BCUT2D eigenvalue weighted by Crippen LogP contribution is 2.24. The summed E-state index contributed by atoms with van der Waals surface area (Å²) in [5, 5.41) is 2.99. The average molecular weight is 159 g/mol. The first-order chi connectivity index (χ1) is 5.83. The minimum atomic E-state index is 0.0925. The Hall–Kier alpha value is -1.57. The summed E-state index contributed by atoms with van der Waals surface area (Å²) in [6, 6.07) is 7.60. The molecule has 0 saturated carbocycles. The van der Waals surface area contributed by atoms with Crippen LogP contribution in [0, 0.1) is 0 Å². The molecule has 0 amide bonds. The summed E-state index contributed by atoms with van der Waals surface area (Å²) in [5.41, 5.74) is 2.71. The molecule has 0 unspecified atom stereocenters. The summed E-state index contributed by atoms with van der Waals surface area (Å²) in [6.07, 6.45) is 1.63. The van der Waals surface area contributed by atoms with E-state index in [-0.39, 0.29) is 5.78 Å². The van der Waals surface area contributed by atoms with Gasteiger partial charge in [0, 0.05) is 29.9 Å². The lowest BCUT2D eigenvalue weighted by molar-refractivity contribution is 0.105. The topological polar surface area (TPSA) is 29.1 Å². The van der Waals surface area contributed by atoms with Gasteiger partial charge in [0.2, 0.25) is 0 Å². The molecule has 0 atom stereocenters. The molecular weight excluding hydrogens is 150 g/mol. The molecule has 1 aliphatic rings. The summed E-state index contributed by atoms with van der Waals surface area (Å²) in [7, 11) is 1.82. The number of carbonyl (C=O) groups is 1. The van der Waals surface area contributed by atoms with Crippen molar-refractivity contribution in [2.24, 2.45) is 0 Å². The number of hydrogen-bond acceptors (Lipinski definition) is 2. The molecular formula is C10H9NO. The van der Waals surface area contributed by atoms with E-state index in [0.717, 1.165) is 16.8 Å². The predicted molar refractivity (Wildman–Crippen MR) is 47.8 cm³/mol. The third kappa shape index (κ3) is 0.848. The van der Waals surface area contributed by atoms with Crippen LogP contribution in [0.15, 0.2) is 30.3 Å². The zero-order valence-corrected chi connectivity index (χ0v) is 6.79. The Kier molecular flexibility index (Phi) is 1.47. The summed E-state index contributed by atoms with van der Waals surface area (Å²) in [6.45, 7) is 0. The number of fused-ring (bicyclic) bond motifs is 1. The van der Waals surface area contributed by atoms with Crippen LogP contribution in [0.5, 0.6) is 0 Å². The number of ketones is 1. The summed E-state index contributed by atoms with van der Waals surface area (Å²) in [5.74, 6) is 0.0925. The normalized spacial score (nSPS) is 14.1. The molecule has 1 aromatic rings. The minimum absolute atomic E-state index is 0.0925. The van der Waals surface area contributed by atoms with Crippen LogP contribution in [0.4, 0.5) is 0 Å². The largest absolute Gasteiger partial charge is 0.388 e. The first-order valence-corrected chi connectivity index (χ1v) is 3.86. The maximum atomic E-state index is 11.3. The molecule has 1 aromatic carbocycles. The van der Waals surface area contributed by atoms with E-state index in [1.807, 2.05) is 31.3 Å². The van der Waals surface area contributed by atoms with Crippen molar-refractivity contribution >= 4 is 11.5 Å². The Balaban J connectivity index is 2.60. The van der Waals surface area contributed by atoms with Crippen molar-refractivity contribution in [2.75, 3.05) is 7.05 Å². The molecule has 0 saturated heterocycles. The number of hydrogen-bond donors (Lipinski definition) is 1. The fraction of sp³-hybridized carbons (Fsp3) is 0.100. The van der Waals surface area contributed by atoms with E-state index < -0.39 is 0 Å². The van der Waals surface area contributed by atoms with E-state index in [1.54, 1.807) is 6.08 Å². The van der Waals surface area contributed by atoms with Gasteiger partial charge in [-0.1, -0.05) is 24.3 Å². The van der Waals surface area contributed by atoms with E-state index >= 15 is 0 Å². The molecule has 0 radical (unpaired) electrons. The zero-order chi connectivity index (χ0) is 8.55. The van der Waals surface area contributed by atoms with Crippen LogP contribution in [-0.4, -0.2) is 12.8 Å². The number of nitrogens with one attached hydrogen (secondary N) is 1. The van der Waals surface area contributed by atoms with Crippen LogP contribution in [-0.2, 0) is 0 Å². The Morgan fingerprint density at radius 3 is 2.50 bits per heavy atom. The zero-order valence-electron chi connectivity index (χ0n) is 6.79. The Labute approximate surface area is 70.9 Å². The van der Waals surface area contributed by atoms with Crippen molar-refractivity contribution in [1.82, 2.24) is 5.32 Å². The highest BCUT2D eigenvalue weighted by molar-refractivity contribution is 6.16. The van der Waals surface area contributed by atoms with Crippen LogP contribution in [0.1, 0.15) is 15.9 Å². The van der Waals surface area contributed by atoms with Crippen LogP contribution in [0.25, 0.3) is 5.70 Å². The first-order valence-electron chi connectivity index (χ1n) is 3.86. The number of carbonyl (C=O) groups excluding carboxylic acids is 1. The molecule has 12 heavy (non-hydrogen) atoms. The molecule has 0 aromatic heterocycles. The van der Waals surface area contributed by atoms with Gasteiger partial charge in [-0.05, 0) is 0 Å². The maximum Gasteiger partial charge on any atom is 0.188 e. The summed E-state index contributed by atoms with van der Waals surface area (Å²) in [4.78, 5) is 11.3. The van der Waals surface area contributed by atoms with Crippen molar-refractivity contribution in [1.29, 1.82) is 0 Å². The van der Waals surface area contributed by atoms with Gasteiger partial charge < -0.3 is 5.32 Å². The van der Waals surface area contributed by atoms with Crippen molar-refractivity contribution in [3.8, 4) is 0 Å². The molecule has 60 valence electrons. The van der Waals surface area contributed by atoms with Gasteiger partial charge in [-0.15, -0.1) is 0 Å². The first kappa shape index (κ1) is 7.10. The van der Waals surface area contributed by atoms with Crippen molar-refractivity contribution in [3.05, 3.63) is 41.5 Å². The van der Waals surface area contributed by atoms with Crippen LogP contribution in [0.2, 0.25) is 0 Å². The summed E-state index contributed by atoms with van der Waals surface area (Å²) < 4.78 is 0. The molecule has 2 rings (SSSR count). The minimum Gasteiger partial charge on any atom is -0.388 e. The van der Waals surface area contributed by atoms with Crippen LogP contribution < -0.4 is 5.32 Å². The van der Waals surface area contributed by atoms with Crippen LogP contribution >= 0.6 is 0 Å². The Morgan fingerprint density at radius 1 is 1.17 bits per heavy atom. The second-order valence-corrected chi connectivity index (χ2v) is 2.72. The van der Waals surface area contributed by atoms with E-state index in [9.17, 15) is 4.79 Å². The monoisotopic (exact) mass is 159 g/mol. The van der Waals surface area contributed by atoms with Gasteiger partial charge in [-0.25, -0.2) is 0 Å². The highest BCUT2D eigenvalue weighted by Gasteiger charge is 2.18. The van der Waals surface area contributed by atoms with Gasteiger partial charge in [-0.2, -0.15) is 0 Å².